The Morgan fingerprint density at radius 2 is 1.77 bits per heavy atom. The van der Waals surface area contributed by atoms with Gasteiger partial charge in [0.25, 0.3) is 0 Å². The predicted molar refractivity (Wildman–Crippen MR) is 114 cm³/mol. The van der Waals surface area contributed by atoms with Gasteiger partial charge in [-0.1, -0.05) is 6.07 Å². The van der Waals surface area contributed by atoms with Gasteiger partial charge in [0.2, 0.25) is 12.7 Å². The molecule has 0 aromatic heterocycles. The topological polar surface area (TPSA) is 128 Å². The normalized spacial score (nSPS) is 21.7. The predicted octanol–water partition coefficient (Wildman–Crippen LogP) is 1.10. The number of rotatable bonds is 6. The minimum atomic E-state index is -3.92. The summed E-state index contributed by atoms with van der Waals surface area (Å²) in [5.41, 5.74) is 1.28. The summed E-state index contributed by atoms with van der Waals surface area (Å²) in [6.45, 7) is 1.78. The number of ether oxygens (including phenoxy) is 2. The number of anilines is 1. The second-order valence-corrected chi connectivity index (χ2v) is 11.9. The molecule has 2 aromatic rings. The zero-order valence-electron chi connectivity index (χ0n) is 16.7. The van der Waals surface area contributed by atoms with Gasteiger partial charge < -0.3 is 20.1 Å². The fourth-order valence-electron chi connectivity index (χ4n) is 3.72. The average Bonchev–Trinajstić information content (AvgIpc) is 3.29. The van der Waals surface area contributed by atoms with Crippen LogP contribution in [0.25, 0.3) is 0 Å². The molecule has 2 aromatic carbocycles. The van der Waals surface area contributed by atoms with E-state index in [9.17, 15) is 21.6 Å². The first-order chi connectivity index (χ1) is 14.6. The van der Waals surface area contributed by atoms with Crippen molar-refractivity contribution in [2.45, 2.75) is 29.7 Å². The smallest absolute Gasteiger partial charge is 0.231 e. The highest BCUT2D eigenvalue weighted by Gasteiger charge is 2.45. The van der Waals surface area contributed by atoms with Crippen molar-refractivity contribution < 1.29 is 31.1 Å². The van der Waals surface area contributed by atoms with E-state index >= 15 is 0 Å². The molecule has 1 fully saturated rings. The first kappa shape index (κ1) is 21.6. The number of nitrogens with one attached hydrogen (secondary N) is 2. The highest BCUT2D eigenvalue weighted by atomic mass is 32.2. The lowest BCUT2D eigenvalue weighted by Gasteiger charge is -2.20. The van der Waals surface area contributed by atoms with Crippen LogP contribution in [0.2, 0.25) is 0 Å². The molecule has 166 valence electrons. The highest BCUT2D eigenvalue weighted by Crippen LogP contribution is 2.33. The van der Waals surface area contributed by atoms with E-state index in [-0.39, 0.29) is 29.9 Å². The molecule has 9 nitrogen and oxygen atoms in total. The molecule has 1 amide bonds. The van der Waals surface area contributed by atoms with Gasteiger partial charge in [0.1, 0.15) is 0 Å². The lowest BCUT2D eigenvalue weighted by Crippen LogP contribution is -2.43. The van der Waals surface area contributed by atoms with Gasteiger partial charge in [0.15, 0.2) is 31.2 Å². The standard InChI is InChI=1S/C20H22N2O7S2/c1-13(23)22-15-3-5-16(6-4-15)31(26,27)20-11-30(24,25)10-17(20)21-9-14-2-7-18-19(8-14)29-12-28-18/h2-8,17,20-21H,9-12H2,1H3,(H,22,23)/t17-,20-/m1/s1. The maximum absolute atomic E-state index is 13.2. The second kappa shape index (κ2) is 8.13. The van der Waals surface area contributed by atoms with Crippen molar-refractivity contribution in [1.29, 1.82) is 0 Å². The molecule has 1 saturated heterocycles. The fourth-order valence-corrected chi connectivity index (χ4v) is 8.43. The van der Waals surface area contributed by atoms with E-state index in [4.69, 9.17) is 9.47 Å². The number of hydrogen-bond acceptors (Lipinski definition) is 8. The number of hydrogen-bond donors (Lipinski definition) is 2. The van der Waals surface area contributed by atoms with E-state index < -0.39 is 36.7 Å². The molecule has 2 aliphatic heterocycles. The van der Waals surface area contributed by atoms with Gasteiger partial charge in [0, 0.05) is 25.2 Å². The lowest BCUT2D eigenvalue weighted by atomic mass is 10.2. The lowest BCUT2D eigenvalue weighted by molar-refractivity contribution is -0.114. The zero-order chi connectivity index (χ0) is 22.2. The molecule has 0 unspecified atom stereocenters. The van der Waals surface area contributed by atoms with Crippen LogP contribution in [-0.4, -0.2) is 52.3 Å². The summed E-state index contributed by atoms with van der Waals surface area (Å²) in [6, 6.07) is 10.3. The Morgan fingerprint density at radius 1 is 1.06 bits per heavy atom. The molecule has 4 rings (SSSR count). The highest BCUT2D eigenvalue weighted by molar-refractivity contribution is 7.96. The molecule has 31 heavy (non-hydrogen) atoms. The molecular weight excluding hydrogens is 444 g/mol. The van der Waals surface area contributed by atoms with Crippen LogP contribution in [0.4, 0.5) is 5.69 Å². The van der Waals surface area contributed by atoms with Crippen LogP contribution in [0, 0.1) is 0 Å². The van der Waals surface area contributed by atoms with Crippen molar-refractivity contribution in [1.82, 2.24) is 5.32 Å². The zero-order valence-corrected chi connectivity index (χ0v) is 18.3. The third-order valence-corrected chi connectivity index (χ3v) is 9.37. The Balaban J connectivity index is 1.53. The summed E-state index contributed by atoms with van der Waals surface area (Å²) in [5, 5.41) is 4.55. The average molecular weight is 467 g/mol. The first-order valence-corrected chi connectivity index (χ1v) is 12.9. The number of amides is 1. The van der Waals surface area contributed by atoms with Crippen LogP contribution in [0.5, 0.6) is 11.5 Å². The molecular formula is C20H22N2O7S2. The maximum atomic E-state index is 13.2. The monoisotopic (exact) mass is 466 g/mol. The van der Waals surface area contributed by atoms with Gasteiger partial charge >= 0.3 is 0 Å². The van der Waals surface area contributed by atoms with Crippen molar-refractivity contribution in [2.75, 3.05) is 23.6 Å². The van der Waals surface area contributed by atoms with Gasteiger partial charge in [-0.2, -0.15) is 0 Å². The van der Waals surface area contributed by atoms with Crippen molar-refractivity contribution >= 4 is 31.3 Å². The molecule has 0 radical (unpaired) electrons. The van der Waals surface area contributed by atoms with Crippen molar-refractivity contribution in [3.8, 4) is 11.5 Å². The van der Waals surface area contributed by atoms with Crippen LogP contribution in [0.1, 0.15) is 12.5 Å². The number of fused-ring (bicyclic) bond motifs is 1. The maximum Gasteiger partial charge on any atom is 0.231 e. The molecule has 0 bridgehead atoms. The van der Waals surface area contributed by atoms with E-state index in [0.29, 0.717) is 17.2 Å². The Hall–Kier alpha value is -2.63. The summed E-state index contributed by atoms with van der Waals surface area (Å²) in [6.07, 6.45) is 0. The van der Waals surface area contributed by atoms with E-state index in [1.807, 2.05) is 6.07 Å². The van der Waals surface area contributed by atoms with E-state index in [1.165, 1.54) is 31.2 Å². The first-order valence-electron chi connectivity index (χ1n) is 9.58. The van der Waals surface area contributed by atoms with Crippen LogP contribution in [0.3, 0.4) is 0 Å². The number of benzene rings is 2. The van der Waals surface area contributed by atoms with E-state index in [2.05, 4.69) is 10.6 Å². The molecule has 2 heterocycles. The summed E-state index contributed by atoms with van der Waals surface area (Å²) in [5.74, 6) is 0.259. The van der Waals surface area contributed by atoms with Gasteiger partial charge in [-0.15, -0.1) is 0 Å². The molecule has 0 aliphatic carbocycles. The minimum absolute atomic E-state index is 0.0126. The molecule has 2 aliphatic rings. The Kier molecular flexibility index (Phi) is 5.67. The van der Waals surface area contributed by atoms with Gasteiger partial charge in [-0.05, 0) is 42.0 Å². The molecule has 0 spiro atoms. The Morgan fingerprint density at radius 3 is 2.48 bits per heavy atom. The van der Waals surface area contributed by atoms with Crippen LogP contribution < -0.4 is 20.1 Å². The minimum Gasteiger partial charge on any atom is -0.454 e. The Labute approximate surface area is 180 Å². The van der Waals surface area contributed by atoms with Crippen LogP contribution in [-0.2, 0) is 31.0 Å². The van der Waals surface area contributed by atoms with Gasteiger partial charge in [0.05, 0.1) is 21.7 Å². The number of carbonyl (C=O) groups excluding carboxylic acids is 1. The quantitative estimate of drug-likeness (QED) is 0.648. The molecule has 2 N–H and O–H groups in total. The van der Waals surface area contributed by atoms with Crippen molar-refractivity contribution in [3.05, 3.63) is 48.0 Å². The largest absolute Gasteiger partial charge is 0.454 e. The number of carbonyl (C=O) groups is 1. The second-order valence-electron chi connectivity index (χ2n) is 7.54. The fraction of sp³-hybridized carbons (Fsp3) is 0.350. The van der Waals surface area contributed by atoms with Gasteiger partial charge in [-0.25, -0.2) is 16.8 Å². The van der Waals surface area contributed by atoms with Crippen molar-refractivity contribution in [2.24, 2.45) is 0 Å². The van der Waals surface area contributed by atoms with Crippen LogP contribution >= 0.6 is 0 Å². The summed E-state index contributed by atoms with van der Waals surface area (Å²) < 4.78 is 61.6. The summed E-state index contributed by atoms with van der Waals surface area (Å²) in [4.78, 5) is 11.2. The third kappa shape index (κ3) is 4.68. The van der Waals surface area contributed by atoms with Crippen molar-refractivity contribution in [3.63, 3.8) is 0 Å². The number of sulfone groups is 2. The SMILES string of the molecule is CC(=O)Nc1ccc(S(=O)(=O)[C@@H]2CS(=O)(=O)C[C@H]2NCc2ccc3c(c2)OCO3)cc1. The van der Waals surface area contributed by atoms with Crippen LogP contribution in [0.15, 0.2) is 47.4 Å². The molecule has 2 atom stereocenters. The third-order valence-electron chi connectivity index (χ3n) is 5.21. The summed E-state index contributed by atoms with van der Waals surface area (Å²) >= 11 is 0. The molecule has 11 heteroatoms. The van der Waals surface area contributed by atoms with Gasteiger partial charge in [-0.3, -0.25) is 4.79 Å². The summed E-state index contributed by atoms with van der Waals surface area (Å²) in [7, 11) is -7.43. The van der Waals surface area contributed by atoms with E-state index in [1.54, 1.807) is 12.1 Å². The molecule has 0 saturated carbocycles. The van der Waals surface area contributed by atoms with E-state index in [0.717, 1.165) is 5.56 Å². The Bertz CT molecular complexity index is 1210.